The first-order valence-corrected chi connectivity index (χ1v) is 11.4. The second kappa shape index (κ2) is 7.29. The standard InChI is InChI=1S/C22H33N5O/c1-3-16-19-21(27(26-16)14-8-4-5-9-14)24-20(25-22(19)28)18-12-13(2)15-10-6-7-11-17(15)23-18/h13-15,17-18,23H,3-12H2,1-2H3,(H,24,25,28). The lowest BCUT2D eigenvalue weighted by molar-refractivity contribution is 0.116. The van der Waals surface area contributed by atoms with Gasteiger partial charge in [-0.1, -0.05) is 39.5 Å². The molecule has 5 rings (SSSR count). The molecule has 3 fully saturated rings. The van der Waals surface area contributed by atoms with Crippen LogP contribution in [-0.4, -0.2) is 25.8 Å². The fourth-order valence-electron chi connectivity index (χ4n) is 6.06. The summed E-state index contributed by atoms with van der Waals surface area (Å²) in [4.78, 5) is 21.2. The summed E-state index contributed by atoms with van der Waals surface area (Å²) >= 11 is 0. The van der Waals surface area contributed by atoms with E-state index in [0.29, 0.717) is 23.4 Å². The van der Waals surface area contributed by atoms with Crippen molar-refractivity contribution in [3.63, 3.8) is 0 Å². The Morgan fingerprint density at radius 3 is 2.64 bits per heavy atom. The summed E-state index contributed by atoms with van der Waals surface area (Å²) < 4.78 is 2.08. The van der Waals surface area contributed by atoms with Crippen molar-refractivity contribution in [3.8, 4) is 0 Å². The number of hydrogen-bond donors (Lipinski definition) is 2. The molecule has 2 N–H and O–H groups in total. The zero-order valence-corrected chi connectivity index (χ0v) is 17.2. The number of aromatic amines is 1. The molecule has 4 atom stereocenters. The number of nitrogens with one attached hydrogen (secondary N) is 2. The molecule has 2 aromatic heterocycles. The summed E-state index contributed by atoms with van der Waals surface area (Å²) in [6.45, 7) is 4.45. The quantitative estimate of drug-likeness (QED) is 0.839. The van der Waals surface area contributed by atoms with E-state index in [4.69, 9.17) is 10.1 Å². The first-order chi connectivity index (χ1) is 13.7. The lowest BCUT2D eigenvalue weighted by Crippen LogP contribution is -2.49. The molecule has 3 aliphatic rings. The second-order valence-corrected chi connectivity index (χ2v) is 9.32. The Balaban J connectivity index is 1.55. The maximum absolute atomic E-state index is 13.0. The van der Waals surface area contributed by atoms with Gasteiger partial charge < -0.3 is 10.3 Å². The number of piperidine rings is 1. The van der Waals surface area contributed by atoms with Crippen LogP contribution in [0.3, 0.4) is 0 Å². The Bertz CT molecular complexity index is 910. The molecule has 3 heterocycles. The topological polar surface area (TPSA) is 75.6 Å². The molecule has 0 radical (unpaired) electrons. The van der Waals surface area contributed by atoms with Gasteiger partial charge in [0.1, 0.15) is 11.2 Å². The van der Waals surface area contributed by atoms with E-state index in [1.54, 1.807) is 0 Å². The van der Waals surface area contributed by atoms with Crippen LogP contribution in [0.1, 0.15) is 95.2 Å². The second-order valence-electron chi connectivity index (χ2n) is 9.32. The van der Waals surface area contributed by atoms with Crippen molar-refractivity contribution in [2.45, 2.75) is 96.2 Å². The summed E-state index contributed by atoms with van der Waals surface area (Å²) in [6, 6.07) is 1.10. The van der Waals surface area contributed by atoms with Gasteiger partial charge in [0, 0.05) is 6.04 Å². The highest BCUT2D eigenvalue weighted by Gasteiger charge is 2.38. The first kappa shape index (κ1) is 18.3. The van der Waals surface area contributed by atoms with Gasteiger partial charge in [0.15, 0.2) is 5.65 Å². The number of fused-ring (bicyclic) bond motifs is 2. The van der Waals surface area contributed by atoms with Gasteiger partial charge in [0.2, 0.25) is 0 Å². The van der Waals surface area contributed by atoms with Gasteiger partial charge in [-0.2, -0.15) is 5.10 Å². The Labute approximate surface area is 166 Å². The van der Waals surface area contributed by atoms with Gasteiger partial charge in [-0.05, 0) is 50.4 Å². The van der Waals surface area contributed by atoms with E-state index in [1.165, 1.54) is 38.5 Å². The molecule has 2 saturated carbocycles. The molecule has 0 bridgehead atoms. The van der Waals surface area contributed by atoms with Crippen molar-refractivity contribution in [2.24, 2.45) is 11.8 Å². The highest BCUT2D eigenvalue weighted by molar-refractivity contribution is 5.77. The number of aromatic nitrogens is 4. The van der Waals surface area contributed by atoms with Gasteiger partial charge in [-0.3, -0.25) is 4.79 Å². The average molecular weight is 384 g/mol. The van der Waals surface area contributed by atoms with Crippen molar-refractivity contribution in [3.05, 3.63) is 21.9 Å². The molecule has 152 valence electrons. The third-order valence-corrected chi connectivity index (χ3v) is 7.56. The fraction of sp³-hybridized carbons (Fsp3) is 0.773. The zero-order chi connectivity index (χ0) is 19.3. The predicted molar refractivity (Wildman–Crippen MR) is 110 cm³/mol. The van der Waals surface area contributed by atoms with Crippen LogP contribution >= 0.6 is 0 Å². The molecule has 0 amide bonds. The Kier molecular flexibility index (Phi) is 4.77. The molecule has 0 spiro atoms. The van der Waals surface area contributed by atoms with Crippen LogP contribution in [0.4, 0.5) is 0 Å². The molecule has 2 aliphatic carbocycles. The van der Waals surface area contributed by atoms with Gasteiger partial charge in [-0.15, -0.1) is 0 Å². The third kappa shape index (κ3) is 3.00. The molecule has 1 aliphatic heterocycles. The maximum atomic E-state index is 13.0. The maximum Gasteiger partial charge on any atom is 0.262 e. The normalized spacial score (nSPS) is 31.4. The van der Waals surface area contributed by atoms with Crippen LogP contribution < -0.4 is 10.9 Å². The minimum absolute atomic E-state index is 0.0127. The number of aryl methyl sites for hydroxylation is 1. The molecular formula is C22H33N5O. The van der Waals surface area contributed by atoms with Crippen LogP contribution in [0.5, 0.6) is 0 Å². The third-order valence-electron chi connectivity index (χ3n) is 7.56. The number of hydrogen-bond acceptors (Lipinski definition) is 4. The van der Waals surface area contributed by atoms with Crippen LogP contribution in [0, 0.1) is 11.8 Å². The van der Waals surface area contributed by atoms with E-state index in [0.717, 1.165) is 48.8 Å². The van der Waals surface area contributed by atoms with Crippen molar-refractivity contribution in [1.82, 2.24) is 25.1 Å². The Hall–Kier alpha value is -1.69. The Morgan fingerprint density at radius 1 is 1.11 bits per heavy atom. The van der Waals surface area contributed by atoms with Gasteiger partial charge in [0.25, 0.3) is 5.56 Å². The largest absolute Gasteiger partial charge is 0.309 e. The summed E-state index contributed by atoms with van der Waals surface area (Å²) in [5.41, 5.74) is 1.68. The van der Waals surface area contributed by atoms with Crippen molar-refractivity contribution < 1.29 is 0 Å². The van der Waals surface area contributed by atoms with E-state index < -0.39 is 0 Å². The minimum Gasteiger partial charge on any atom is -0.309 e. The molecule has 0 aromatic carbocycles. The van der Waals surface area contributed by atoms with Gasteiger partial charge in [0.05, 0.1) is 17.8 Å². The van der Waals surface area contributed by atoms with Crippen LogP contribution in [0.25, 0.3) is 11.0 Å². The lowest BCUT2D eigenvalue weighted by Gasteiger charge is -2.44. The summed E-state index contributed by atoms with van der Waals surface area (Å²) in [5.74, 6) is 2.26. The van der Waals surface area contributed by atoms with Crippen LogP contribution in [0.2, 0.25) is 0 Å². The lowest BCUT2D eigenvalue weighted by atomic mass is 9.72. The van der Waals surface area contributed by atoms with Crippen LogP contribution in [0.15, 0.2) is 4.79 Å². The number of H-pyrrole nitrogens is 1. The molecule has 28 heavy (non-hydrogen) atoms. The fourth-order valence-corrected chi connectivity index (χ4v) is 6.06. The van der Waals surface area contributed by atoms with Crippen molar-refractivity contribution in [2.75, 3.05) is 0 Å². The van der Waals surface area contributed by atoms with E-state index in [1.807, 2.05) is 0 Å². The highest BCUT2D eigenvalue weighted by Crippen LogP contribution is 2.40. The number of nitrogens with zero attached hydrogens (tertiary/aromatic N) is 3. The molecule has 6 nitrogen and oxygen atoms in total. The SMILES string of the molecule is CCc1nn(C2CCCC2)c2nc(C3CC(C)C4CCCCC4N3)[nH]c(=O)c12. The monoisotopic (exact) mass is 383 g/mol. The van der Waals surface area contributed by atoms with E-state index in [-0.39, 0.29) is 11.6 Å². The van der Waals surface area contributed by atoms with E-state index in [2.05, 4.69) is 28.8 Å². The molecule has 6 heteroatoms. The average Bonchev–Trinajstić information content (AvgIpc) is 3.35. The van der Waals surface area contributed by atoms with E-state index >= 15 is 0 Å². The van der Waals surface area contributed by atoms with Crippen molar-refractivity contribution >= 4 is 11.0 Å². The summed E-state index contributed by atoms with van der Waals surface area (Å²) in [7, 11) is 0. The molecule has 2 aromatic rings. The molecular weight excluding hydrogens is 350 g/mol. The van der Waals surface area contributed by atoms with Gasteiger partial charge in [-0.25, -0.2) is 9.67 Å². The molecule has 1 saturated heterocycles. The Morgan fingerprint density at radius 2 is 1.86 bits per heavy atom. The first-order valence-electron chi connectivity index (χ1n) is 11.4. The highest BCUT2D eigenvalue weighted by atomic mass is 16.1. The summed E-state index contributed by atoms with van der Waals surface area (Å²) in [6.07, 6.45) is 11.8. The number of rotatable bonds is 3. The van der Waals surface area contributed by atoms with Gasteiger partial charge >= 0.3 is 0 Å². The van der Waals surface area contributed by atoms with Crippen LogP contribution in [-0.2, 0) is 6.42 Å². The minimum atomic E-state index is -0.0127. The molecule has 4 unspecified atom stereocenters. The smallest absolute Gasteiger partial charge is 0.262 e. The summed E-state index contributed by atoms with van der Waals surface area (Å²) in [5, 5.41) is 9.38. The predicted octanol–water partition coefficient (Wildman–Crippen LogP) is 4.03. The van der Waals surface area contributed by atoms with Crippen molar-refractivity contribution in [1.29, 1.82) is 0 Å². The van der Waals surface area contributed by atoms with E-state index in [9.17, 15) is 4.79 Å². The zero-order valence-electron chi connectivity index (χ0n) is 17.2.